The molecule has 1 amide bonds. The number of carbonyl (C=O) groups is 1. The van der Waals surface area contributed by atoms with Crippen LogP contribution in [-0.2, 0) is 4.79 Å². The molecule has 1 fully saturated rings. The van der Waals surface area contributed by atoms with E-state index < -0.39 is 0 Å². The Labute approximate surface area is 107 Å². The van der Waals surface area contributed by atoms with Gasteiger partial charge in [-0.3, -0.25) is 15.2 Å². The molecule has 0 unspecified atom stereocenters. The van der Waals surface area contributed by atoms with Gasteiger partial charge in [-0.25, -0.2) is 0 Å². The highest BCUT2D eigenvalue weighted by Gasteiger charge is 2.22. The van der Waals surface area contributed by atoms with Gasteiger partial charge in [0.1, 0.15) is 5.75 Å². The van der Waals surface area contributed by atoms with Crippen LogP contribution in [-0.4, -0.2) is 19.1 Å². The summed E-state index contributed by atoms with van der Waals surface area (Å²) in [6.45, 7) is 7.10. The van der Waals surface area contributed by atoms with Crippen LogP contribution in [0.2, 0.25) is 0 Å². The summed E-state index contributed by atoms with van der Waals surface area (Å²) in [5.74, 6) is 0.745. The van der Waals surface area contributed by atoms with Crippen LogP contribution in [0.1, 0.15) is 19.8 Å². The molecule has 4 nitrogen and oxygen atoms in total. The Kier molecular flexibility index (Phi) is 3.87. The third-order valence-electron chi connectivity index (χ3n) is 2.82. The normalized spacial score (nSPS) is 14.8. The molecule has 1 aromatic carbocycles. The number of hydrazine groups is 1. The first-order valence-electron chi connectivity index (χ1n) is 6.20. The van der Waals surface area contributed by atoms with Gasteiger partial charge in [-0.05, 0) is 30.7 Å². The Bertz CT molecular complexity index is 424. The van der Waals surface area contributed by atoms with E-state index in [1.807, 2.05) is 24.3 Å². The monoisotopic (exact) mass is 246 g/mol. The smallest absolute Gasteiger partial charge is 0.267 e. The van der Waals surface area contributed by atoms with E-state index in [9.17, 15) is 4.79 Å². The van der Waals surface area contributed by atoms with E-state index in [1.54, 1.807) is 5.01 Å². The maximum atomic E-state index is 11.3. The number of amides is 1. The number of carbonyl (C=O) groups excluding carboxylic acids is 1. The van der Waals surface area contributed by atoms with Gasteiger partial charge >= 0.3 is 0 Å². The quantitative estimate of drug-likeness (QED) is 0.640. The minimum Gasteiger partial charge on any atom is -0.494 e. The number of hydrogen-bond donors (Lipinski definition) is 1. The van der Waals surface area contributed by atoms with Crippen molar-refractivity contribution in [3.8, 4) is 5.75 Å². The summed E-state index contributed by atoms with van der Waals surface area (Å²) in [5, 5.41) is 1.78. The highest BCUT2D eigenvalue weighted by Crippen LogP contribution is 2.21. The predicted molar refractivity (Wildman–Crippen MR) is 71.5 cm³/mol. The molecule has 0 atom stereocenters. The molecule has 1 aromatic rings. The minimum absolute atomic E-state index is 0.113. The molecule has 0 radical (unpaired) electrons. The van der Waals surface area contributed by atoms with Crippen molar-refractivity contribution in [2.45, 2.75) is 19.8 Å². The van der Waals surface area contributed by atoms with E-state index in [0.717, 1.165) is 30.9 Å². The molecule has 4 heteroatoms. The first kappa shape index (κ1) is 12.5. The Morgan fingerprint density at radius 1 is 1.39 bits per heavy atom. The zero-order valence-corrected chi connectivity index (χ0v) is 10.6. The molecular weight excluding hydrogens is 228 g/mol. The lowest BCUT2D eigenvalue weighted by atomic mass is 10.2. The van der Waals surface area contributed by atoms with Gasteiger partial charge in [-0.15, -0.1) is 0 Å². The Hall–Kier alpha value is -1.97. The van der Waals surface area contributed by atoms with Crippen LogP contribution in [0.5, 0.6) is 5.75 Å². The van der Waals surface area contributed by atoms with Crippen LogP contribution < -0.4 is 15.2 Å². The molecule has 1 aliphatic rings. The fourth-order valence-electron chi connectivity index (χ4n) is 1.72. The average Bonchev–Trinajstić information content (AvgIpc) is 2.71. The molecule has 96 valence electrons. The van der Waals surface area contributed by atoms with E-state index in [4.69, 9.17) is 4.74 Å². The summed E-state index contributed by atoms with van der Waals surface area (Å²) in [4.78, 5) is 11.3. The lowest BCUT2D eigenvalue weighted by Crippen LogP contribution is -2.32. The fraction of sp³-hybridized carbons (Fsp3) is 0.357. The molecule has 0 aliphatic carbocycles. The standard InChI is InChI=1S/C14H18N2O2/c1-3-4-9-18-13-7-5-12(6-8-13)16-10-11(2)14(17)15-16/h5-8H,2-4,9-10H2,1H3,(H,15,17). The van der Waals surface area contributed by atoms with E-state index in [1.165, 1.54) is 0 Å². The third-order valence-corrected chi connectivity index (χ3v) is 2.82. The predicted octanol–water partition coefficient (Wildman–Crippen LogP) is 2.27. The summed E-state index contributed by atoms with van der Waals surface area (Å²) < 4.78 is 5.58. The molecular formula is C14H18N2O2. The van der Waals surface area contributed by atoms with Crippen molar-refractivity contribution in [1.82, 2.24) is 5.43 Å². The van der Waals surface area contributed by atoms with Crippen LogP contribution in [0.25, 0.3) is 0 Å². The Balaban J connectivity index is 1.95. The second-order valence-corrected chi connectivity index (χ2v) is 4.33. The second-order valence-electron chi connectivity index (χ2n) is 4.33. The molecule has 1 aliphatic heterocycles. The molecule has 2 rings (SSSR count). The molecule has 0 aromatic heterocycles. The van der Waals surface area contributed by atoms with Crippen molar-refractivity contribution in [3.05, 3.63) is 36.4 Å². The van der Waals surface area contributed by atoms with E-state index in [-0.39, 0.29) is 5.91 Å². The van der Waals surface area contributed by atoms with E-state index in [0.29, 0.717) is 12.1 Å². The number of rotatable bonds is 5. The topological polar surface area (TPSA) is 41.6 Å². The number of unbranched alkanes of at least 4 members (excludes halogenated alkanes) is 1. The number of benzene rings is 1. The van der Waals surface area contributed by atoms with Crippen LogP contribution in [0.4, 0.5) is 5.69 Å². The van der Waals surface area contributed by atoms with Gasteiger partial charge in [0, 0.05) is 5.57 Å². The van der Waals surface area contributed by atoms with Crippen molar-refractivity contribution in [1.29, 1.82) is 0 Å². The molecule has 1 heterocycles. The summed E-state index contributed by atoms with van der Waals surface area (Å²) in [6, 6.07) is 7.69. The Morgan fingerprint density at radius 3 is 2.67 bits per heavy atom. The molecule has 1 N–H and O–H groups in total. The van der Waals surface area contributed by atoms with Crippen molar-refractivity contribution in [3.63, 3.8) is 0 Å². The number of hydrogen-bond acceptors (Lipinski definition) is 3. The largest absolute Gasteiger partial charge is 0.494 e. The van der Waals surface area contributed by atoms with E-state index in [2.05, 4.69) is 18.9 Å². The lowest BCUT2D eigenvalue weighted by molar-refractivity contribution is -0.116. The molecule has 0 bridgehead atoms. The van der Waals surface area contributed by atoms with Gasteiger partial charge in [-0.2, -0.15) is 0 Å². The second kappa shape index (κ2) is 5.58. The van der Waals surface area contributed by atoms with Crippen LogP contribution in [0.15, 0.2) is 36.4 Å². The highest BCUT2D eigenvalue weighted by molar-refractivity contribution is 5.97. The lowest BCUT2D eigenvalue weighted by Gasteiger charge is -2.17. The van der Waals surface area contributed by atoms with Crippen LogP contribution in [0.3, 0.4) is 0 Å². The molecule has 0 saturated carbocycles. The van der Waals surface area contributed by atoms with Crippen molar-refractivity contribution in [2.75, 3.05) is 18.2 Å². The third kappa shape index (κ3) is 2.83. The fourth-order valence-corrected chi connectivity index (χ4v) is 1.72. The Morgan fingerprint density at radius 2 is 2.11 bits per heavy atom. The number of anilines is 1. The van der Waals surface area contributed by atoms with Gasteiger partial charge in [0.2, 0.25) is 0 Å². The highest BCUT2D eigenvalue weighted by atomic mass is 16.5. The van der Waals surface area contributed by atoms with Crippen molar-refractivity contribution >= 4 is 11.6 Å². The molecule has 18 heavy (non-hydrogen) atoms. The maximum absolute atomic E-state index is 11.3. The average molecular weight is 246 g/mol. The zero-order chi connectivity index (χ0) is 13.0. The van der Waals surface area contributed by atoms with E-state index >= 15 is 0 Å². The number of nitrogens with zero attached hydrogens (tertiary/aromatic N) is 1. The van der Waals surface area contributed by atoms with Crippen molar-refractivity contribution in [2.24, 2.45) is 0 Å². The van der Waals surface area contributed by atoms with Gasteiger partial charge in [0.05, 0.1) is 18.8 Å². The van der Waals surface area contributed by atoms with Gasteiger partial charge in [0.25, 0.3) is 5.91 Å². The summed E-state index contributed by atoms with van der Waals surface area (Å²) in [6.07, 6.45) is 2.18. The maximum Gasteiger partial charge on any atom is 0.267 e. The zero-order valence-electron chi connectivity index (χ0n) is 10.6. The minimum atomic E-state index is -0.113. The van der Waals surface area contributed by atoms with Crippen LogP contribution >= 0.6 is 0 Å². The number of nitrogens with one attached hydrogen (secondary N) is 1. The summed E-state index contributed by atoms with van der Waals surface area (Å²) in [7, 11) is 0. The van der Waals surface area contributed by atoms with Crippen molar-refractivity contribution < 1.29 is 9.53 Å². The first-order valence-corrected chi connectivity index (χ1v) is 6.20. The van der Waals surface area contributed by atoms with Gasteiger partial charge in [-0.1, -0.05) is 19.9 Å². The summed E-state index contributed by atoms with van der Waals surface area (Å²) >= 11 is 0. The molecule has 1 saturated heterocycles. The summed E-state index contributed by atoms with van der Waals surface area (Å²) in [5.41, 5.74) is 4.26. The van der Waals surface area contributed by atoms with Crippen LogP contribution in [0, 0.1) is 0 Å². The number of ether oxygens (including phenoxy) is 1. The SMILES string of the molecule is C=C1CN(c2ccc(OCCCC)cc2)NC1=O. The van der Waals surface area contributed by atoms with Gasteiger partial charge < -0.3 is 4.74 Å². The first-order chi connectivity index (χ1) is 8.70. The molecule has 0 spiro atoms. The van der Waals surface area contributed by atoms with Gasteiger partial charge in [0.15, 0.2) is 0 Å².